The molecule has 0 radical (unpaired) electrons. The molecule has 1 rings (SSSR count). The van der Waals surface area contributed by atoms with Crippen LogP contribution in [0.25, 0.3) is 0 Å². The van der Waals surface area contributed by atoms with Crippen LogP contribution in [0.2, 0.25) is 0 Å². The van der Waals surface area contributed by atoms with Crippen LogP contribution in [0.3, 0.4) is 0 Å². The number of hydrogen-bond acceptors (Lipinski definition) is 3. The Bertz CT molecular complexity index is 220. The highest BCUT2D eigenvalue weighted by Crippen LogP contribution is 2.16. The molecule has 0 aromatic carbocycles. The van der Waals surface area contributed by atoms with E-state index in [4.69, 9.17) is 4.74 Å². The van der Waals surface area contributed by atoms with Gasteiger partial charge in [0.1, 0.15) is 5.60 Å². The van der Waals surface area contributed by atoms with Gasteiger partial charge in [-0.05, 0) is 47.4 Å². The number of likely N-dealkylation sites (N-methyl/N-ethyl adjacent to an activating group) is 1. The normalized spacial score (nSPS) is 19.9. The van der Waals surface area contributed by atoms with Crippen LogP contribution in [0, 0.1) is 0 Å². The fourth-order valence-electron chi connectivity index (χ4n) is 1.71. The standard InChI is InChI=1S/C12H24N2O/c1-11(15-12(2,3)4)14-8-6-7-13(5)9-10-14/h1,6-10H2,2-5H3. The molecule has 0 aliphatic carbocycles. The zero-order valence-corrected chi connectivity index (χ0v) is 10.5. The Morgan fingerprint density at radius 3 is 2.40 bits per heavy atom. The second kappa shape index (κ2) is 4.88. The number of rotatable bonds is 2. The van der Waals surface area contributed by atoms with E-state index < -0.39 is 0 Å². The molecular weight excluding hydrogens is 188 g/mol. The molecule has 3 nitrogen and oxygen atoms in total. The number of hydrogen-bond donors (Lipinski definition) is 0. The summed E-state index contributed by atoms with van der Waals surface area (Å²) < 4.78 is 5.78. The molecule has 1 fully saturated rings. The van der Waals surface area contributed by atoms with Gasteiger partial charge < -0.3 is 14.5 Å². The van der Waals surface area contributed by atoms with Crippen molar-refractivity contribution in [1.82, 2.24) is 9.80 Å². The van der Waals surface area contributed by atoms with Gasteiger partial charge in [-0.1, -0.05) is 0 Å². The first-order valence-corrected chi connectivity index (χ1v) is 5.70. The number of ether oxygens (including phenoxy) is 1. The highest BCUT2D eigenvalue weighted by molar-refractivity contribution is 4.88. The molecule has 0 aromatic rings. The van der Waals surface area contributed by atoms with Crippen molar-refractivity contribution < 1.29 is 4.74 Å². The summed E-state index contributed by atoms with van der Waals surface area (Å²) in [4.78, 5) is 4.60. The zero-order chi connectivity index (χ0) is 11.5. The maximum atomic E-state index is 5.78. The fourth-order valence-corrected chi connectivity index (χ4v) is 1.71. The molecule has 0 aromatic heterocycles. The summed E-state index contributed by atoms with van der Waals surface area (Å²) in [5, 5.41) is 0. The predicted molar refractivity (Wildman–Crippen MR) is 63.7 cm³/mol. The first-order valence-electron chi connectivity index (χ1n) is 5.70. The average Bonchev–Trinajstić information content (AvgIpc) is 2.26. The lowest BCUT2D eigenvalue weighted by Crippen LogP contribution is -2.32. The summed E-state index contributed by atoms with van der Waals surface area (Å²) in [5.41, 5.74) is -0.144. The van der Waals surface area contributed by atoms with Crippen molar-refractivity contribution in [2.24, 2.45) is 0 Å². The molecule has 88 valence electrons. The van der Waals surface area contributed by atoms with E-state index in [2.05, 4.69) is 44.2 Å². The van der Waals surface area contributed by atoms with E-state index in [0.29, 0.717) is 0 Å². The molecule has 0 N–H and O–H groups in total. The third kappa shape index (κ3) is 4.56. The van der Waals surface area contributed by atoms with Crippen LogP contribution < -0.4 is 0 Å². The first kappa shape index (κ1) is 12.4. The van der Waals surface area contributed by atoms with Crippen LogP contribution in [0.1, 0.15) is 27.2 Å². The van der Waals surface area contributed by atoms with Crippen molar-refractivity contribution in [1.29, 1.82) is 0 Å². The second-order valence-electron chi connectivity index (χ2n) is 5.25. The van der Waals surface area contributed by atoms with Crippen LogP contribution in [-0.2, 0) is 4.74 Å². The maximum Gasteiger partial charge on any atom is 0.182 e. The van der Waals surface area contributed by atoms with E-state index in [1.54, 1.807) is 0 Å². The molecule has 1 saturated heterocycles. The quantitative estimate of drug-likeness (QED) is 0.650. The summed E-state index contributed by atoms with van der Waals surface area (Å²) in [7, 11) is 2.16. The molecule has 0 atom stereocenters. The van der Waals surface area contributed by atoms with E-state index in [-0.39, 0.29) is 5.60 Å². The lowest BCUT2D eigenvalue weighted by atomic mass is 10.2. The first-order chi connectivity index (χ1) is 6.88. The van der Waals surface area contributed by atoms with Crippen molar-refractivity contribution in [3.8, 4) is 0 Å². The molecule has 0 amide bonds. The Morgan fingerprint density at radius 2 is 1.80 bits per heavy atom. The molecule has 0 bridgehead atoms. The van der Waals surface area contributed by atoms with Gasteiger partial charge in [0.05, 0.1) is 0 Å². The van der Waals surface area contributed by atoms with Crippen molar-refractivity contribution in [2.75, 3.05) is 33.2 Å². The SMILES string of the molecule is C=C(OC(C)(C)C)N1CCCN(C)CC1. The minimum Gasteiger partial charge on any atom is -0.474 e. The third-order valence-electron chi connectivity index (χ3n) is 2.50. The smallest absolute Gasteiger partial charge is 0.182 e. The van der Waals surface area contributed by atoms with E-state index >= 15 is 0 Å². The summed E-state index contributed by atoms with van der Waals surface area (Å²) in [6.45, 7) is 14.5. The third-order valence-corrected chi connectivity index (χ3v) is 2.50. The monoisotopic (exact) mass is 212 g/mol. The van der Waals surface area contributed by atoms with Crippen LogP contribution in [-0.4, -0.2) is 48.6 Å². The summed E-state index contributed by atoms with van der Waals surface area (Å²) in [6, 6.07) is 0. The van der Waals surface area contributed by atoms with Crippen LogP contribution in [0.4, 0.5) is 0 Å². The molecule has 1 aliphatic rings. The molecule has 0 unspecified atom stereocenters. The fraction of sp³-hybridized carbons (Fsp3) is 0.833. The summed E-state index contributed by atoms with van der Waals surface area (Å²) >= 11 is 0. The molecule has 0 spiro atoms. The Balaban J connectivity index is 2.45. The largest absolute Gasteiger partial charge is 0.474 e. The van der Waals surface area contributed by atoms with Crippen LogP contribution in [0.5, 0.6) is 0 Å². The Kier molecular flexibility index (Phi) is 4.03. The summed E-state index contributed by atoms with van der Waals surface area (Å²) in [6.07, 6.45) is 1.18. The average molecular weight is 212 g/mol. The van der Waals surface area contributed by atoms with Gasteiger partial charge >= 0.3 is 0 Å². The lowest BCUT2D eigenvalue weighted by molar-refractivity contribution is 0.00407. The molecule has 3 heteroatoms. The second-order valence-corrected chi connectivity index (χ2v) is 5.25. The Morgan fingerprint density at radius 1 is 1.13 bits per heavy atom. The number of nitrogens with zero attached hydrogens (tertiary/aromatic N) is 2. The van der Waals surface area contributed by atoms with Gasteiger partial charge in [-0.3, -0.25) is 0 Å². The molecule has 1 heterocycles. The molecule has 0 saturated carbocycles. The van der Waals surface area contributed by atoms with Crippen molar-refractivity contribution >= 4 is 0 Å². The summed E-state index contributed by atoms with van der Waals surface area (Å²) in [5.74, 6) is 0.817. The highest BCUT2D eigenvalue weighted by atomic mass is 16.5. The molecule has 15 heavy (non-hydrogen) atoms. The lowest BCUT2D eigenvalue weighted by Gasteiger charge is -2.30. The van der Waals surface area contributed by atoms with Gasteiger partial charge in [0.25, 0.3) is 0 Å². The minimum atomic E-state index is -0.144. The van der Waals surface area contributed by atoms with E-state index in [0.717, 1.165) is 25.5 Å². The van der Waals surface area contributed by atoms with Crippen LogP contribution in [0.15, 0.2) is 12.5 Å². The topological polar surface area (TPSA) is 15.7 Å². The minimum absolute atomic E-state index is 0.144. The maximum absolute atomic E-state index is 5.78. The van der Waals surface area contributed by atoms with Crippen LogP contribution >= 0.6 is 0 Å². The van der Waals surface area contributed by atoms with Crippen molar-refractivity contribution in [3.63, 3.8) is 0 Å². The van der Waals surface area contributed by atoms with Gasteiger partial charge in [-0.2, -0.15) is 0 Å². The van der Waals surface area contributed by atoms with Gasteiger partial charge in [0, 0.05) is 19.6 Å². The molecular formula is C12H24N2O. The van der Waals surface area contributed by atoms with Gasteiger partial charge in [0.2, 0.25) is 0 Å². The van der Waals surface area contributed by atoms with E-state index in [9.17, 15) is 0 Å². The van der Waals surface area contributed by atoms with Crippen molar-refractivity contribution in [2.45, 2.75) is 32.8 Å². The van der Waals surface area contributed by atoms with Gasteiger partial charge in [0.15, 0.2) is 5.88 Å². The van der Waals surface area contributed by atoms with E-state index in [1.807, 2.05) is 0 Å². The Labute approximate surface area is 93.7 Å². The van der Waals surface area contributed by atoms with E-state index in [1.165, 1.54) is 13.0 Å². The Hall–Kier alpha value is -0.700. The van der Waals surface area contributed by atoms with Gasteiger partial charge in [-0.15, -0.1) is 0 Å². The van der Waals surface area contributed by atoms with Gasteiger partial charge in [-0.25, -0.2) is 0 Å². The highest BCUT2D eigenvalue weighted by Gasteiger charge is 2.18. The molecule has 1 aliphatic heterocycles. The zero-order valence-electron chi connectivity index (χ0n) is 10.5. The predicted octanol–water partition coefficient (Wildman–Crippen LogP) is 1.91. The van der Waals surface area contributed by atoms with Crippen molar-refractivity contribution in [3.05, 3.63) is 12.5 Å².